The number of esters is 2. The van der Waals surface area contributed by atoms with Gasteiger partial charge in [-0.25, -0.2) is 14.4 Å². The van der Waals surface area contributed by atoms with Gasteiger partial charge in [-0.2, -0.15) is 0 Å². The van der Waals surface area contributed by atoms with Crippen molar-refractivity contribution in [3.8, 4) is 0 Å². The van der Waals surface area contributed by atoms with E-state index in [1.165, 1.54) is 0 Å². The van der Waals surface area contributed by atoms with E-state index in [0.717, 1.165) is 27.2 Å². The first kappa shape index (κ1) is 26.6. The Kier molecular flexibility index (Phi) is 7.33. The number of fused-ring (bicyclic) bond motifs is 2. The summed E-state index contributed by atoms with van der Waals surface area (Å²) < 4.78 is 9.57. The summed E-state index contributed by atoms with van der Waals surface area (Å²) in [6, 6.07) is 6.87. The molecule has 1 N–H and O–H groups in total. The van der Waals surface area contributed by atoms with Crippen LogP contribution in [-0.2, 0) is 9.47 Å². The Balaban J connectivity index is 0.000000233. The summed E-state index contributed by atoms with van der Waals surface area (Å²) in [5.74, 6) is -1.72. The number of carbonyl (C=O) groups excluding carboxylic acids is 5. The molecule has 2 aliphatic rings. The van der Waals surface area contributed by atoms with E-state index in [1.54, 1.807) is 45.0 Å². The maximum atomic E-state index is 12.3. The average molecular weight is 495 g/mol. The molecule has 2 aromatic carbocycles. The van der Waals surface area contributed by atoms with E-state index in [4.69, 9.17) is 4.74 Å². The molecule has 0 unspecified atom stereocenters. The molecule has 0 aliphatic carbocycles. The number of imide groups is 1. The van der Waals surface area contributed by atoms with Crippen molar-refractivity contribution in [3.05, 3.63) is 68.8 Å². The van der Waals surface area contributed by atoms with Crippen LogP contribution >= 0.6 is 0 Å². The first-order chi connectivity index (χ1) is 16.7. The van der Waals surface area contributed by atoms with Crippen LogP contribution in [0.15, 0.2) is 24.3 Å². The van der Waals surface area contributed by atoms with Crippen LogP contribution in [0.2, 0.25) is 0 Å². The van der Waals surface area contributed by atoms with Gasteiger partial charge >= 0.3 is 18.0 Å². The van der Waals surface area contributed by atoms with Crippen molar-refractivity contribution in [2.75, 3.05) is 13.1 Å². The second-order valence-corrected chi connectivity index (χ2v) is 9.83. The summed E-state index contributed by atoms with van der Waals surface area (Å²) in [6.07, 6.45) is -0.569. The van der Waals surface area contributed by atoms with Crippen molar-refractivity contribution in [3.63, 3.8) is 0 Å². The third kappa shape index (κ3) is 5.62. The molecule has 0 fully saturated rings. The average Bonchev–Trinajstić information content (AvgIpc) is 3.15. The molecule has 190 valence electrons. The number of nitrogens with one attached hydrogen (secondary N) is 1. The van der Waals surface area contributed by atoms with E-state index in [-0.39, 0.29) is 24.9 Å². The van der Waals surface area contributed by atoms with Crippen LogP contribution in [0.5, 0.6) is 0 Å². The fourth-order valence-electron chi connectivity index (χ4n) is 3.69. The Hall–Kier alpha value is -4.01. The zero-order valence-electron chi connectivity index (χ0n) is 21.5. The lowest BCUT2D eigenvalue weighted by molar-refractivity contribution is 0.0441. The van der Waals surface area contributed by atoms with Gasteiger partial charge < -0.3 is 14.8 Å². The number of hydrogen-bond acceptors (Lipinski definition) is 7. The van der Waals surface area contributed by atoms with Crippen LogP contribution < -0.4 is 5.32 Å². The Morgan fingerprint density at radius 3 is 1.56 bits per heavy atom. The molecule has 9 heteroatoms. The maximum Gasteiger partial charge on any atom is 0.407 e. The molecule has 3 amide bonds. The number of amides is 3. The van der Waals surface area contributed by atoms with Gasteiger partial charge in [0, 0.05) is 13.1 Å². The molecule has 0 spiro atoms. The van der Waals surface area contributed by atoms with Crippen LogP contribution in [-0.4, -0.2) is 53.4 Å². The molecule has 2 aromatic rings. The molecule has 0 atom stereocenters. The minimum atomic E-state index is -0.589. The van der Waals surface area contributed by atoms with E-state index in [9.17, 15) is 24.0 Å². The highest BCUT2D eigenvalue weighted by atomic mass is 16.6. The molecule has 36 heavy (non-hydrogen) atoms. The smallest absolute Gasteiger partial charge is 0.407 e. The molecular formula is C27H30N2O7. The number of carbonyl (C=O) groups is 5. The monoisotopic (exact) mass is 494 g/mol. The van der Waals surface area contributed by atoms with E-state index in [1.807, 2.05) is 27.7 Å². The van der Waals surface area contributed by atoms with Crippen molar-refractivity contribution < 1.29 is 33.4 Å². The van der Waals surface area contributed by atoms with E-state index >= 15 is 0 Å². The van der Waals surface area contributed by atoms with Crippen LogP contribution in [0.25, 0.3) is 0 Å². The van der Waals surface area contributed by atoms with Gasteiger partial charge in [0.1, 0.15) is 5.60 Å². The van der Waals surface area contributed by atoms with Crippen molar-refractivity contribution in [1.29, 1.82) is 0 Å². The quantitative estimate of drug-likeness (QED) is 0.389. The van der Waals surface area contributed by atoms with E-state index < -0.39 is 23.6 Å². The van der Waals surface area contributed by atoms with Gasteiger partial charge in [0.25, 0.3) is 11.8 Å². The number of nitrogens with zero attached hydrogens (tertiary/aromatic N) is 1. The summed E-state index contributed by atoms with van der Waals surface area (Å²) in [7, 11) is 0. The Bertz CT molecular complexity index is 1210. The molecule has 0 radical (unpaired) electrons. The van der Waals surface area contributed by atoms with Crippen LogP contribution in [0.3, 0.4) is 0 Å². The van der Waals surface area contributed by atoms with E-state index in [2.05, 4.69) is 10.1 Å². The first-order valence-corrected chi connectivity index (χ1v) is 11.5. The summed E-state index contributed by atoms with van der Waals surface area (Å²) >= 11 is 0. The molecule has 0 saturated carbocycles. The predicted octanol–water partition coefficient (Wildman–Crippen LogP) is 4.04. The van der Waals surface area contributed by atoms with Gasteiger partial charge in [0.2, 0.25) is 0 Å². The van der Waals surface area contributed by atoms with E-state index in [0.29, 0.717) is 22.3 Å². The number of alkyl carbamates (subject to hydrolysis) is 1. The summed E-state index contributed by atoms with van der Waals surface area (Å²) in [5.41, 5.74) is 4.95. The number of ether oxygens (including phenoxy) is 2. The summed E-state index contributed by atoms with van der Waals surface area (Å²) in [5, 5.41) is 2.55. The van der Waals surface area contributed by atoms with Crippen molar-refractivity contribution >= 4 is 29.8 Å². The molecule has 4 rings (SSSR count). The Morgan fingerprint density at radius 1 is 0.778 bits per heavy atom. The molecule has 9 nitrogen and oxygen atoms in total. The van der Waals surface area contributed by atoms with Gasteiger partial charge in [-0.1, -0.05) is 0 Å². The fourth-order valence-corrected chi connectivity index (χ4v) is 3.69. The minimum absolute atomic E-state index is 0.115. The van der Waals surface area contributed by atoms with Gasteiger partial charge in [-0.15, -0.1) is 0 Å². The highest BCUT2D eigenvalue weighted by Crippen LogP contribution is 2.26. The lowest BCUT2D eigenvalue weighted by Crippen LogP contribution is -2.40. The number of aryl methyl sites for hydroxylation is 4. The lowest BCUT2D eigenvalue weighted by atomic mass is 10.0. The normalized spacial score (nSPS) is 14.1. The second kappa shape index (κ2) is 9.93. The number of benzene rings is 2. The zero-order chi connectivity index (χ0) is 26.9. The maximum absolute atomic E-state index is 12.3. The second-order valence-electron chi connectivity index (χ2n) is 9.83. The van der Waals surface area contributed by atoms with Crippen molar-refractivity contribution in [2.24, 2.45) is 0 Å². The number of hydrogen-bond donors (Lipinski definition) is 1. The van der Waals surface area contributed by atoms with Gasteiger partial charge in [-0.3, -0.25) is 14.5 Å². The van der Waals surface area contributed by atoms with Crippen molar-refractivity contribution in [1.82, 2.24) is 10.2 Å². The Morgan fingerprint density at radius 2 is 1.17 bits per heavy atom. The molecule has 0 saturated heterocycles. The molecule has 0 bridgehead atoms. The molecule has 2 aliphatic heterocycles. The van der Waals surface area contributed by atoms with Gasteiger partial charge in [0.15, 0.2) is 0 Å². The largest absolute Gasteiger partial charge is 0.444 e. The SMILES string of the molecule is Cc1cc2c(cc1C)C(=O)N(CCNC(=O)OC(C)(C)C)C2=O.Cc1cc2c(cc1C)C(=O)OC2=O. The van der Waals surface area contributed by atoms with Gasteiger partial charge in [-0.05, 0) is 95.0 Å². The number of cyclic esters (lactones) is 2. The fraction of sp³-hybridized carbons (Fsp3) is 0.370. The minimum Gasteiger partial charge on any atom is -0.444 e. The van der Waals surface area contributed by atoms with Crippen LogP contribution in [0, 0.1) is 27.7 Å². The summed E-state index contributed by atoms with van der Waals surface area (Å²) in [4.78, 5) is 59.6. The zero-order valence-corrected chi connectivity index (χ0v) is 21.5. The first-order valence-electron chi connectivity index (χ1n) is 11.5. The highest BCUT2D eigenvalue weighted by Gasteiger charge is 2.35. The molecule has 0 aromatic heterocycles. The standard InChI is InChI=1S/C17H22N2O4.C10H8O3/c1-10-8-12-13(9-11(10)2)15(21)19(14(12)20)7-6-18-16(22)23-17(3,4)5;1-5-3-7-8(4-6(5)2)10(12)13-9(7)11/h8-9H,6-7H2,1-5H3,(H,18,22);3-4H,1-2H3. The molecule has 2 heterocycles. The third-order valence-electron chi connectivity index (χ3n) is 5.85. The number of rotatable bonds is 3. The Labute approximate surface area is 209 Å². The summed E-state index contributed by atoms with van der Waals surface area (Å²) in [6.45, 7) is 13.2. The molecular weight excluding hydrogens is 464 g/mol. The van der Waals surface area contributed by atoms with Gasteiger partial charge in [0.05, 0.1) is 22.3 Å². The van der Waals surface area contributed by atoms with Crippen LogP contribution in [0.1, 0.15) is 84.5 Å². The third-order valence-corrected chi connectivity index (χ3v) is 5.85. The predicted molar refractivity (Wildman–Crippen MR) is 131 cm³/mol. The van der Waals surface area contributed by atoms with Crippen molar-refractivity contribution in [2.45, 2.75) is 54.1 Å². The lowest BCUT2D eigenvalue weighted by Gasteiger charge is -2.20. The van der Waals surface area contributed by atoms with Crippen LogP contribution in [0.4, 0.5) is 4.79 Å². The highest BCUT2D eigenvalue weighted by molar-refractivity contribution is 6.21. The topological polar surface area (TPSA) is 119 Å².